The summed E-state index contributed by atoms with van der Waals surface area (Å²) in [5.41, 5.74) is 0. The first-order chi connectivity index (χ1) is 7.74. The molecule has 1 aliphatic heterocycles. The van der Waals surface area contributed by atoms with E-state index in [0.717, 1.165) is 25.8 Å². The van der Waals surface area contributed by atoms with Gasteiger partial charge in [0.1, 0.15) is 5.78 Å². The molecule has 3 unspecified atom stereocenters. The highest BCUT2D eigenvalue weighted by molar-refractivity contribution is 5.83. The fraction of sp³-hybridized carbons (Fsp3) is 0.786. The standard InChI is InChI=1S/C14H23NO/c1-3-11(2)15-10-5-4-8-13(15)12-7-6-9-14(12)16/h3,11-13H,1,4-10H2,2H3. The number of likely N-dealkylation sites (tertiary alicyclic amines) is 1. The van der Waals surface area contributed by atoms with E-state index in [4.69, 9.17) is 0 Å². The molecule has 2 fully saturated rings. The van der Waals surface area contributed by atoms with Crippen LogP contribution in [0.4, 0.5) is 0 Å². The van der Waals surface area contributed by atoms with Crippen molar-refractivity contribution in [3.05, 3.63) is 12.7 Å². The van der Waals surface area contributed by atoms with Gasteiger partial charge in [-0.3, -0.25) is 9.69 Å². The van der Waals surface area contributed by atoms with Crippen LogP contribution in [-0.2, 0) is 4.79 Å². The lowest BCUT2D eigenvalue weighted by atomic mass is 9.87. The minimum Gasteiger partial charge on any atom is -0.299 e. The van der Waals surface area contributed by atoms with Gasteiger partial charge < -0.3 is 0 Å². The fourth-order valence-electron chi connectivity index (χ4n) is 3.30. The second-order valence-electron chi connectivity index (χ2n) is 5.24. The van der Waals surface area contributed by atoms with Crippen LogP contribution < -0.4 is 0 Å². The number of Topliss-reactive ketones (excluding diaryl/α,β-unsaturated/α-hetero) is 1. The zero-order valence-electron chi connectivity index (χ0n) is 10.3. The van der Waals surface area contributed by atoms with E-state index in [-0.39, 0.29) is 0 Å². The van der Waals surface area contributed by atoms with Gasteiger partial charge in [0.05, 0.1) is 0 Å². The van der Waals surface area contributed by atoms with E-state index < -0.39 is 0 Å². The molecule has 3 atom stereocenters. The van der Waals surface area contributed by atoms with Gasteiger partial charge in [-0.1, -0.05) is 12.5 Å². The maximum absolute atomic E-state index is 11.9. The van der Waals surface area contributed by atoms with Crippen molar-refractivity contribution in [2.24, 2.45) is 5.92 Å². The maximum atomic E-state index is 11.9. The fourth-order valence-corrected chi connectivity index (χ4v) is 3.30. The van der Waals surface area contributed by atoms with Gasteiger partial charge in [-0.15, -0.1) is 6.58 Å². The summed E-state index contributed by atoms with van der Waals surface area (Å²) in [4.78, 5) is 14.4. The smallest absolute Gasteiger partial charge is 0.137 e. The van der Waals surface area contributed by atoms with Crippen molar-refractivity contribution in [1.29, 1.82) is 0 Å². The van der Waals surface area contributed by atoms with Crippen LogP contribution in [0.3, 0.4) is 0 Å². The number of ketones is 1. The summed E-state index contributed by atoms with van der Waals surface area (Å²) in [5.74, 6) is 0.830. The molecule has 0 aromatic carbocycles. The van der Waals surface area contributed by atoms with Crippen molar-refractivity contribution >= 4 is 5.78 Å². The number of piperidine rings is 1. The highest BCUT2D eigenvalue weighted by atomic mass is 16.1. The van der Waals surface area contributed by atoms with Gasteiger partial charge >= 0.3 is 0 Å². The van der Waals surface area contributed by atoms with Crippen molar-refractivity contribution in [3.8, 4) is 0 Å². The molecule has 1 saturated heterocycles. The largest absolute Gasteiger partial charge is 0.299 e. The average molecular weight is 221 g/mol. The molecular weight excluding hydrogens is 198 g/mol. The molecule has 2 rings (SSSR count). The number of hydrogen-bond acceptors (Lipinski definition) is 2. The Balaban J connectivity index is 2.09. The molecule has 16 heavy (non-hydrogen) atoms. The Morgan fingerprint density at radius 2 is 2.19 bits per heavy atom. The van der Waals surface area contributed by atoms with E-state index in [1.807, 2.05) is 6.08 Å². The highest BCUT2D eigenvalue weighted by Gasteiger charge is 2.37. The van der Waals surface area contributed by atoms with E-state index in [9.17, 15) is 4.79 Å². The molecule has 0 aromatic rings. The van der Waals surface area contributed by atoms with E-state index >= 15 is 0 Å². The first-order valence-electron chi connectivity index (χ1n) is 6.65. The minimum absolute atomic E-state index is 0.322. The molecule has 0 spiro atoms. The van der Waals surface area contributed by atoms with Gasteiger partial charge in [-0.05, 0) is 39.2 Å². The molecule has 0 aromatic heterocycles. The molecule has 90 valence electrons. The number of rotatable bonds is 3. The second-order valence-corrected chi connectivity index (χ2v) is 5.24. The van der Waals surface area contributed by atoms with Crippen molar-refractivity contribution in [3.63, 3.8) is 0 Å². The Kier molecular flexibility index (Phi) is 3.80. The summed E-state index contributed by atoms with van der Waals surface area (Å²) in [5, 5.41) is 0. The third-order valence-electron chi connectivity index (χ3n) is 4.27. The van der Waals surface area contributed by atoms with Crippen LogP contribution in [0, 0.1) is 5.92 Å². The second kappa shape index (κ2) is 5.13. The first-order valence-corrected chi connectivity index (χ1v) is 6.65. The lowest BCUT2D eigenvalue weighted by Crippen LogP contribution is -2.49. The normalized spacial score (nSPS) is 33.9. The van der Waals surface area contributed by atoms with Crippen LogP contribution in [0.15, 0.2) is 12.7 Å². The monoisotopic (exact) mass is 221 g/mol. The predicted octanol–water partition coefficient (Wildman–Crippen LogP) is 2.78. The van der Waals surface area contributed by atoms with E-state index in [2.05, 4.69) is 18.4 Å². The third-order valence-corrected chi connectivity index (χ3v) is 4.27. The lowest BCUT2D eigenvalue weighted by molar-refractivity contribution is -0.123. The molecule has 0 radical (unpaired) electrons. The summed E-state index contributed by atoms with van der Waals surface area (Å²) in [6.45, 7) is 7.23. The van der Waals surface area contributed by atoms with Gasteiger partial charge in [0.25, 0.3) is 0 Å². The lowest BCUT2D eigenvalue weighted by Gasteiger charge is -2.41. The number of hydrogen-bond donors (Lipinski definition) is 0. The number of carbonyl (C=O) groups is 1. The van der Waals surface area contributed by atoms with Gasteiger partial charge in [0.15, 0.2) is 0 Å². The highest BCUT2D eigenvalue weighted by Crippen LogP contribution is 2.33. The molecule has 1 saturated carbocycles. The summed E-state index contributed by atoms with van der Waals surface area (Å²) < 4.78 is 0. The molecule has 0 bridgehead atoms. The summed E-state index contributed by atoms with van der Waals surface area (Å²) in [6.07, 6.45) is 8.81. The molecule has 2 nitrogen and oxygen atoms in total. The van der Waals surface area contributed by atoms with Crippen molar-refractivity contribution in [2.45, 2.75) is 57.5 Å². The van der Waals surface area contributed by atoms with Gasteiger partial charge in [-0.2, -0.15) is 0 Å². The summed E-state index contributed by atoms with van der Waals surface area (Å²) in [7, 11) is 0. The Labute approximate surface area is 98.7 Å². The van der Waals surface area contributed by atoms with Gasteiger partial charge in [-0.25, -0.2) is 0 Å². The van der Waals surface area contributed by atoms with Crippen molar-refractivity contribution in [1.82, 2.24) is 4.90 Å². The molecule has 1 aliphatic carbocycles. The Morgan fingerprint density at radius 1 is 1.38 bits per heavy atom. The zero-order chi connectivity index (χ0) is 11.5. The van der Waals surface area contributed by atoms with Crippen LogP contribution in [0.25, 0.3) is 0 Å². The zero-order valence-corrected chi connectivity index (χ0v) is 10.3. The molecule has 2 heteroatoms. The van der Waals surface area contributed by atoms with E-state index in [0.29, 0.717) is 23.8 Å². The molecule has 0 N–H and O–H groups in total. The van der Waals surface area contributed by atoms with Crippen LogP contribution in [0.1, 0.15) is 45.4 Å². The minimum atomic E-state index is 0.322. The van der Waals surface area contributed by atoms with E-state index in [1.165, 1.54) is 19.3 Å². The number of carbonyl (C=O) groups excluding carboxylic acids is 1. The van der Waals surface area contributed by atoms with E-state index in [1.54, 1.807) is 0 Å². The molecule has 2 aliphatic rings. The third kappa shape index (κ3) is 2.22. The Bertz CT molecular complexity index is 274. The number of nitrogens with zero attached hydrogens (tertiary/aromatic N) is 1. The summed E-state index contributed by atoms with van der Waals surface area (Å²) in [6, 6.07) is 0.912. The molecular formula is C14H23NO. The quantitative estimate of drug-likeness (QED) is 0.683. The van der Waals surface area contributed by atoms with Crippen LogP contribution in [0.2, 0.25) is 0 Å². The van der Waals surface area contributed by atoms with Crippen LogP contribution >= 0.6 is 0 Å². The topological polar surface area (TPSA) is 20.3 Å². The average Bonchev–Trinajstić information content (AvgIpc) is 2.74. The Hall–Kier alpha value is -0.630. The van der Waals surface area contributed by atoms with Crippen LogP contribution in [0.5, 0.6) is 0 Å². The predicted molar refractivity (Wildman–Crippen MR) is 66.4 cm³/mol. The molecule has 1 heterocycles. The van der Waals surface area contributed by atoms with Crippen molar-refractivity contribution < 1.29 is 4.79 Å². The van der Waals surface area contributed by atoms with Gasteiger partial charge in [0, 0.05) is 24.4 Å². The molecule has 0 amide bonds. The maximum Gasteiger partial charge on any atom is 0.137 e. The van der Waals surface area contributed by atoms with Crippen molar-refractivity contribution in [2.75, 3.05) is 6.54 Å². The van der Waals surface area contributed by atoms with Gasteiger partial charge in [0.2, 0.25) is 0 Å². The van der Waals surface area contributed by atoms with Crippen LogP contribution in [-0.4, -0.2) is 29.3 Å². The SMILES string of the molecule is C=CC(C)N1CCCCC1C1CCCC1=O. The summed E-state index contributed by atoms with van der Waals surface area (Å²) >= 11 is 0. The first kappa shape index (κ1) is 11.8. The Morgan fingerprint density at radius 3 is 2.81 bits per heavy atom.